The van der Waals surface area contributed by atoms with E-state index in [1.165, 1.54) is 41.1 Å². The van der Waals surface area contributed by atoms with Crippen LogP contribution < -0.4 is 14.8 Å². The topological polar surface area (TPSA) is 106 Å². The molecule has 0 aliphatic carbocycles. The monoisotopic (exact) mass is 495 g/mol. The predicted molar refractivity (Wildman–Crippen MR) is 132 cm³/mol. The lowest BCUT2D eigenvalue weighted by atomic mass is 10.1. The number of nitrogens with zero attached hydrogens (tertiary/aromatic N) is 3. The summed E-state index contributed by atoms with van der Waals surface area (Å²) >= 11 is 2.75. The van der Waals surface area contributed by atoms with Gasteiger partial charge < -0.3 is 10.1 Å². The van der Waals surface area contributed by atoms with Gasteiger partial charge in [-0.2, -0.15) is 0 Å². The Kier molecular flexibility index (Phi) is 5.67. The summed E-state index contributed by atoms with van der Waals surface area (Å²) in [5.41, 5.74) is 2.73. The number of methoxy groups -OCH3 is 1. The summed E-state index contributed by atoms with van der Waals surface area (Å²) in [6, 6.07) is 14.3. The number of ether oxygens (including phenoxy) is 1. The summed E-state index contributed by atoms with van der Waals surface area (Å²) in [4.78, 5) is 13.8. The third-order valence-electron chi connectivity index (χ3n) is 4.85. The van der Waals surface area contributed by atoms with Gasteiger partial charge in [-0.3, -0.25) is 4.72 Å². The number of sulfonamides is 1. The number of benzene rings is 2. The smallest absolute Gasteiger partial charge is 0.263 e. The maximum absolute atomic E-state index is 12.6. The van der Waals surface area contributed by atoms with Crippen molar-refractivity contribution in [2.45, 2.75) is 4.90 Å². The standard InChI is InChI=1S/C22H17N5O3S3/c1-30-16-6-2-14(3-7-16)18-12-32-21-19(18)20(24-13-25-21)26-15-4-8-17(9-5-15)33(28,29)27-22-23-10-11-31-22/h2-13H,1H3,(H,23,27)(H,24,25,26). The van der Waals surface area contributed by atoms with Crippen LogP contribution in [-0.4, -0.2) is 30.5 Å². The average Bonchev–Trinajstić information content (AvgIpc) is 3.50. The van der Waals surface area contributed by atoms with Crippen LogP contribution in [0.15, 0.2) is 76.7 Å². The van der Waals surface area contributed by atoms with E-state index in [0.717, 1.165) is 27.1 Å². The molecule has 0 radical (unpaired) electrons. The quantitative estimate of drug-likeness (QED) is 0.313. The van der Waals surface area contributed by atoms with Gasteiger partial charge in [-0.15, -0.1) is 22.7 Å². The molecular formula is C22H17N5O3S3. The zero-order valence-corrected chi connectivity index (χ0v) is 19.7. The Morgan fingerprint density at radius 3 is 2.42 bits per heavy atom. The molecule has 11 heteroatoms. The van der Waals surface area contributed by atoms with Gasteiger partial charge in [0.2, 0.25) is 0 Å². The molecule has 5 rings (SSSR count). The molecule has 0 fully saturated rings. The third-order valence-corrected chi connectivity index (χ3v) is 7.91. The van der Waals surface area contributed by atoms with Crippen LogP contribution in [0, 0.1) is 0 Å². The second-order valence-corrected chi connectivity index (χ2v) is 10.3. The molecule has 2 aromatic carbocycles. The van der Waals surface area contributed by atoms with Crippen molar-refractivity contribution < 1.29 is 13.2 Å². The van der Waals surface area contributed by atoms with Crippen molar-refractivity contribution in [3.05, 3.63) is 71.8 Å². The molecule has 0 saturated heterocycles. The van der Waals surface area contributed by atoms with Crippen molar-refractivity contribution in [1.29, 1.82) is 0 Å². The second-order valence-electron chi connectivity index (χ2n) is 6.87. The Bertz CT molecular complexity index is 1500. The SMILES string of the molecule is COc1ccc(-c2csc3ncnc(Nc4ccc(S(=O)(=O)Nc5nccs5)cc4)c23)cc1. The third kappa shape index (κ3) is 4.38. The number of hydrogen-bond acceptors (Lipinski definition) is 9. The number of nitrogens with one attached hydrogen (secondary N) is 2. The fourth-order valence-electron chi connectivity index (χ4n) is 3.25. The fraction of sp³-hybridized carbons (Fsp3) is 0.0455. The van der Waals surface area contributed by atoms with Gasteiger partial charge in [-0.25, -0.2) is 23.4 Å². The van der Waals surface area contributed by atoms with E-state index in [-0.39, 0.29) is 4.90 Å². The van der Waals surface area contributed by atoms with E-state index < -0.39 is 10.0 Å². The van der Waals surface area contributed by atoms with Crippen LogP contribution >= 0.6 is 22.7 Å². The Labute approximate surface area is 198 Å². The molecule has 0 aliphatic heterocycles. The molecule has 0 unspecified atom stereocenters. The van der Waals surface area contributed by atoms with Crippen LogP contribution in [0.1, 0.15) is 0 Å². The molecule has 0 bridgehead atoms. The van der Waals surface area contributed by atoms with E-state index in [0.29, 0.717) is 16.6 Å². The van der Waals surface area contributed by atoms with Gasteiger partial charge in [0.15, 0.2) is 5.13 Å². The minimum atomic E-state index is -3.71. The van der Waals surface area contributed by atoms with E-state index >= 15 is 0 Å². The summed E-state index contributed by atoms with van der Waals surface area (Å²) in [6.07, 6.45) is 3.05. The number of rotatable bonds is 7. The molecule has 0 spiro atoms. The van der Waals surface area contributed by atoms with Crippen molar-refractivity contribution in [1.82, 2.24) is 15.0 Å². The highest BCUT2D eigenvalue weighted by Gasteiger charge is 2.17. The highest BCUT2D eigenvalue weighted by Crippen LogP contribution is 2.38. The number of hydrogen-bond donors (Lipinski definition) is 2. The molecule has 0 amide bonds. The van der Waals surface area contributed by atoms with Gasteiger partial charge in [0.1, 0.15) is 22.7 Å². The van der Waals surface area contributed by atoms with Crippen LogP contribution in [0.3, 0.4) is 0 Å². The zero-order chi connectivity index (χ0) is 22.8. The van der Waals surface area contributed by atoms with E-state index in [4.69, 9.17) is 4.74 Å². The van der Waals surface area contributed by atoms with Crippen LogP contribution in [-0.2, 0) is 10.0 Å². The first-order valence-corrected chi connectivity index (χ1v) is 12.9. The van der Waals surface area contributed by atoms with Gasteiger partial charge in [0.05, 0.1) is 17.4 Å². The maximum atomic E-state index is 12.6. The summed E-state index contributed by atoms with van der Waals surface area (Å²) in [5, 5.41) is 8.27. The normalized spacial score (nSPS) is 11.4. The average molecular weight is 496 g/mol. The highest BCUT2D eigenvalue weighted by molar-refractivity contribution is 7.93. The summed E-state index contributed by atoms with van der Waals surface area (Å²) in [6.45, 7) is 0. The lowest BCUT2D eigenvalue weighted by molar-refractivity contribution is 0.415. The van der Waals surface area contributed by atoms with Crippen molar-refractivity contribution in [3.8, 4) is 16.9 Å². The van der Waals surface area contributed by atoms with Crippen LogP contribution in [0.5, 0.6) is 5.75 Å². The first kappa shape index (κ1) is 21.3. The molecule has 3 aromatic heterocycles. The minimum absolute atomic E-state index is 0.144. The lowest BCUT2D eigenvalue weighted by Gasteiger charge is -2.10. The van der Waals surface area contributed by atoms with Crippen molar-refractivity contribution in [3.63, 3.8) is 0 Å². The molecular weight excluding hydrogens is 478 g/mol. The first-order chi connectivity index (χ1) is 16.0. The van der Waals surface area contributed by atoms with E-state index in [2.05, 4.69) is 25.0 Å². The lowest BCUT2D eigenvalue weighted by Crippen LogP contribution is -2.12. The van der Waals surface area contributed by atoms with Crippen molar-refractivity contribution >= 4 is 59.6 Å². The summed E-state index contributed by atoms with van der Waals surface area (Å²) < 4.78 is 32.9. The van der Waals surface area contributed by atoms with Gasteiger partial charge in [-0.05, 0) is 42.0 Å². The molecule has 2 N–H and O–H groups in total. The molecule has 0 saturated carbocycles. The second kappa shape index (κ2) is 8.77. The Morgan fingerprint density at radius 1 is 0.939 bits per heavy atom. The van der Waals surface area contributed by atoms with E-state index in [1.807, 2.05) is 29.6 Å². The van der Waals surface area contributed by atoms with Gasteiger partial charge >= 0.3 is 0 Å². The van der Waals surface area contributed by atoms with Crippen LogP contribution in [0.4, 0.5) is 16.6 Å². The van der Waals surface area contributed by atoms with Crippen molar-refractivity contribution in [2.75, 3.05) is 17.1 Å². The molecule has 0 aliphatic rings. The molecule has 166 valence electrons. The van der Waals surface area contributed by atoms with Crippen LogP contribution in [0.25, 0.3) is 21.3 Å². The largest absolute Gasteiger partial charge is 0.497 e. The fourth-order valence-corrected chi connectivity index (χ4v) is 5.96. The molecule has 33 heavy (non-hydrogen) atoms. The maximum Gasteiger partial charge on any atom is 0.263 e. The Hall–Kier alpha value is -3.54. The first-order valence-electron chi connectivity index (χ1n) is 9.69. The van der Waals surface area contributed by atoms with Gasteiger partial charge in [-0.1, -0.05) is 12.1 Å². The molecule has 8 nitrogen and oxygen atoms in total. The number of thiazole rings is 1. The summed E-state index contributed by atoms with van der Waals surface area (Å²) in [5.74, 6) is 1.43. The van der Waals surface area contributed by atoms with E-state index in [1.54, 1.807) is 30.8 Å². The highest BCUT2D eigenvalue weighted by atomic mass is 32.2. The molecule has 0 atom stereocenters. The zero-order valence-electron chi connectivity index (χ0n) is 17.2. The van der Waals surface area contributed by atoms with Crippen LogP contribution in [0.2, 0.25) is 0 Å². The Balaban J connectivity index is 1.44. The Morgan fingerprint density at radius 2 is 1.73 bits per heavy atom. The number of fused-ring (bicyclic) bond motifs is 1. The summed E-state index contributed by atoms with van der Waals surface area (Å²) in [7, 11) is -2.08. The van der Waals surface area contributed by atoms with Crippen molar-refractivity contribution in [2.24, 2.45) is 0 Å². The number of anilines is 3. The number of thiophene rings is 1. The van der Waals surface area contributed by atoms with Gasteiger partial charge in [0.25, 0.3) is 10.0 Å². The number of aromatic nitrogens is 3. The molecule has 3 heterocycles. The minimum Gasteiger partial charge on any atom is -0.497 e. The predicted octanol–water partition coefficient (Wildman–Crippen LogP) is 5.37. The van der Waals surface area contributed by atoms with Gasteiger partial charge in [0, 0.05) is 28.2 Å². The molecule has 5 aromatic rings. The van der Waals surface area contributed by atoms with E-state index in [9.17, 15) is 8.42 Å².